The summed E-state index contributed by atoms with van der Waals surface area (Å²) in [7, 11) is 0. The molecule has 0 aromatic rings. The Morgan fingerprint density at radius 1 is 1.00 bits per heavy atom. The Morgan fingerprint density at radius 3 is 2.23 bits per heavy atom. The number of allylic oxidation sites excluding steroid dienone is 2. The van der Waals surface area contributed by atoms with E-state index < -0.39 is 0 Å². The third-order valence-electron chi connectivity index (χ3n) is 7.60. The molecule has 0 unspecified atom stereocenters. The molecule has 0 aromatic heterocycles. The van der Waals surface area contributed by atoms with Gasteiger partial charge in [-0.2, -0.15) is 0 Å². The van der Waals surface area contributed by atoms with E-state index in [-0.39, 0.29) is 40.1 Å². The normalized spacial score (nSPS) is 39.7. The van der Waals surface area contributed by atoms with Crippen LogP contribution in [-0.2, 0) is 27.7 Å². The van der Waals surface area contributed by atoms with Gasteiger partial charge in [0.25, 0.3) is 0 Å². The van der Waals surface area contributed by atoms with Crippen LogP contribution in [0, 0.1) is 34.5 Å². The van der Waals surface area contributed by atoms with Crippen molar-refractivity contribution in [3.05, 3.63) is 17.6 Å². The number of hydrogen-bond donors (Lipinski definition) is 0. The first-order valence-corrected chi connectivity index (χ1v) is 8.79. The minimum Gasteiger partial charge on any atom is -1.00 e. The van der Waals surface area contributed by atoms with Gasteiger partial charge in [-0.05, 0) is 73.0 Å². The van der Waals surface area contributed by atoms with E-state index in [9.17, 15) is 0 Å². The summed E-state index contributed by atoms with van der Waals surface area (Å²) in [5.74, 6) is 1.66. The fourth-order valence-corrected chi connectivity index (χ4v) is 5.96. The predicted molar refractivity (Wildman–Crippen MR) is 87.4 cm³/mol. The number of hydrogen-bond acceptors (Lipinski definition) is 0. The molecule has 1 saturated carbocycles. The quantitative estimate of drug-likeness (QED) is 0.377. The summed E-state index contributed by atoms with van der Waals surface area (Å²) in [6.45, 7) is 15.0. The van der Waals surface area contributed by atoms with E-state index in [0.29, 0.717) is 16.2 Å². The van der Waals surface area contributed by atoms with Crippen LogP contribution in [0.25, 0.3) is 0 Å². The smallest absolute Gasteiger partial charge is 1.00 e. The van der Waals surface area contributed by atoms with Crippen molar-refractivity contribution in [2.75, 3.05) is 0 Å². The van der Waals surface area contributed by atoms with E-state index >= 15 is 0 Å². The van der Waals surface area contributed by atoms with Gasteiger partial charge in [0.2, 0.25) is 0 Å². The number of rotatable bonds is 1. The summed E-state index contributed by atoms with van der Waals surface area (Å²) in [5, 5.41) is 0. The SMILES string of the molecule is CC(C)[C@@]1(C)CCC2=C1CC[C@H]1C(C)(C)[CH]CC[C@]21C.[Cl-].[Hg+]. The third-order valence-corrected chi connectivity index (χ3v) is 7.60. The van der Waals surface area contributed by atoms with Gasteiger partial charge in [-0.1, -0.05) is 52.7 Å². The van der Waals surface area contributed by atoms with Crippen molar-refractivity contribution in [2.24, 2.45) is 28.1 Å². The van der Waals surface area contributed by atoms with Crippen LogP contribution in [0.1, 0.15) is 80.1 Å². The second-order valence-corrected chi connectivity index (χ2v) is 9.10. The fraction of sp³-hybridized carbons (Fsp3) is 0.850. The maximum atomic E-state index is 2.61. The van der Waals surface area contributed by atoms with Crippen molar-refractivity contribution >= 4 is 0 Å². The number of fused-ring (bicyclic) bond motifs is 2. The predicted octanol–water partition coefficient (Wildman–Crippen LogP) is 3.18. The molecule has 22 heavy (non-hydrogen) atoms. The molecule has 0 bridgehead atoms. The monoisotopic (exact) mass is 510 g/mol. The zero-order chi connectivity index (χ0) is 14.8. The Hall–Kier alpha value is 0.965. The second kappa shape index (κ2) is 6.70. The van der Waals surface area contributed by atoms with Crippen LogP contribution in [0.15, 0.2) is 11.1 Å². The minimum absolute atomic E-state index is 0. The molecule has 122 valence electrons. The second-order valence-electron chi connectivity index (χ2n) is 9.10. The summed E-state index contributed by atoms with van der Waals surface area (Å²) in [6.07, 6.45) is 10.9. The molecule has 0 amide bonds. The molecule has 2 radical (unpaired) electrons. The first-order chi connectivity index (χ1) is 9.22. The standard InChI is InChI=1S/C20H33.ClH.Hg/c1-14(2)19(5)13-10-16-15(19)8-9-17-18(3,4)11-7-12-20(16,17)6;;/h11,14,17H,7-10,12-13H2,1-6H3;1H;/q;;+1/p-1/t17-,19+,20+;;/m0../s1. The molecule has 0 nitrogen and oxygen atoms in total. The minimum atomic E-state index is 0. The summed E-state index contributed by atoms with van der Waals surface area (Å²) >= 11 is 0. The molecule has 1 fully saturated rings. The van der Waals surface area contributed by atoms with E-state index in [4.69, 9.17) is 0 Å². The van der Waals surface area contributed by atoms with Gasteiger partial charge in [0.15, 0.2) is 0 Å². The van der Waals surface area contributed by atoms with Gasteiger partial charge in [-0.3, -0.25) is 0 Å². The first kappa shape index (κ1) is 21.0. The topological polar surface area (TPSA) is 0 Å². The Balaban J connectivity index is 0.00000121. The Labute approximate surface area is 165 Å². The summed E-state index contributed by atoms with van der Waals surface area (Å²) in [5.41, 5.74) is 5.20. The molecule has 3 aliphatic carbocycles. The fourth-order valence-electron chi connectivity index (χ4n) is 5.96. The van der Waals surface area contributed by atoms with E-state index in [2.05, 4.69) is 48.0 Å². The molecular weight excluding hydrogens is 476 g/mol. The average Bonchev–Trinajstić information content (AvgIpc) is 2.69. The molecule has 0 N–H and O–H groups in total. The van der Waals surface area contributed by atoms with Crippen LogP contribution in [0.4, 0.5) is 0 Å². The van der Waals surface area contributed by atoms with Crippen molar-refractivity contribution in [1.82, 2.24) is 0 Å². The Kier molecular flexibility index (Phi) is 6.40. The molecule has 0 saturated heterocycles. The maximum absolute atomic E-state index is 2.61. The van der Waals surface area contributed by atoms with E-state index in [1.807, 2.05) is 11.1 Å². The summed E-state index contributed by atoms with van der Waals surface area (Å²) in [4.78, 5) is 0. The van der Waals surface area contributed by atoms with Crippen LogP contribution >= 0.6 is 0 Å². The van der Waals surface area contributed by atoms with Gasteiger partial charge in [0.05, 0.1) is 0 Å². The largest absolute Gasteiger partial charge is 1.00 e. The Morgan fingerprint density at radius 2 is 1.64 bits per heavy atom. The molecule has 0 heterocycles. The molecule has 3 aliphatic rings. The zero-order valence-corrected chi connectivity index (χ0v) is 21.8. The van der Waals surface area contributed by atoms with Gasteiger partial charge in [0, 0.05) is 0 Å². The molecule has 2 heteroatoms. The molecule has 0 aromatic carbocycles. The molecule has 3 rings (SSSR count). The van der Waals surface area contributed by atoms with Gasteiger partial charge in [-0.15, -0.1) is 0 Å². The van der Waals surface area contributed by atoms with Crippen LogP contribution in [0.3, 0.4) is 0 Å². The first-order valence-electron chi connectivity index (χ1n) is 8.79. The summed E-state index contributed by atoms with van der Waals surface area (Å²) < 4.78 is 0. The van der Waals surface area contributed by atoms with Gasteiger partial charge < -0.3 is 12.4 Å². The molecular formula is C20H33ClHg. The van der Waals surface area contributed by atoms with E-state index in [0.717, 1.165) is 11.8 Å². The third kappa shape index (κ3) is 2.87. The van der Waals surface area contributed by atoms with Crippen LogP contribution in [0.2, 0.25) is 0 Å². The average molecular weight is 510 g/mol. The van der Waals surface area contributed by atoms with E-state index in [1.165, 1.54) is 38.5 Å². The van der Waals surface area contributed by atoms with Crippen LogP contribution in [-0.4, -0.2) is 0 Å². The molecule has 0 spiro atoms. The van der Waals surface area contributed by atoms with Crippen molar-refractivity contribution in [2.45, 2.75) is 80.1 Å². The molecule has 3 atom stereocenters. The van der Waals surface area contributed by atoms with Crippen molar-refractivity contribution in [1.29, 1.82) is 0 Å². The Bertz CT molecular complexity index is 451. The zero-order valence-electron chi connectivity index (χ0n) is 15.6. The van der Waals surface area contributed by atoms with Gasteiger partial charge in [0.1, 0.15) is 0 Å². The maximum Gasteiger partial charge on any atom is 1.00 e. The van der Waals surface area contributed by atoms with Crippen molar-refractivity contribution in [3.8, 4) is 0 Å². The van der Waals surface area contributed by atoms with Crippen LogP contribution in [0.5, 0.6) is 0 Å². The van der Waals surface area contributed by atoms with Crippen molar-refractivity contribution < 1.29 is 40.1 Å². The molecule has 0 aliphatic heterocycles. The summed E-state index contributed by atoms with van der Waals surface area (Å²) in [6, 6.07) is 0. The van der Waals surface area contributed by atoms with Crippen molar-refractivity contribution in [3.63, 3.8) is 0 Å². The van der Waals surface area contributed by atoms with E-state index in [1.54, 1.807) is 0 Å². The van der Waals surface area contributed by atoms with Gasteiger partial charge >= 0.3 is 27.7 Å². The number of halogens is 1. The van der Waals surface area contributed by atoms with Crippen LogP contribution < -0.4 is 12.4 Å². The van der Waals surface area contributed by atoms with Gasteiger partial charge in [-0.25, -0.2) is 0 Å².